The van der Waals surface area contributed by atoms with E-state index in [0.717, 1.165) is 41.3 Å². The first-order chi connectivity index (χ1) is 19.0. The van der Waals surface area contributed by atoms with Crippen LogP contribution in [0.1, 0.15) is 85.1 Å². The number of halogens is 3. The normalized spacial score (nSPS) is 17.5. The molecule has 0 N–H and O–H groups in total. The summed E-state index contributed by atoms with van der Waals surface area (Å²) in [6.45, 7) is 16.4. The molecule has 1 aliphatic heterocycles. The average Bonchev–Trinajstić information content (AvgIpc) is 3.06. The number of hydrogen-bond acceptors (Lipinski definition) is 5. The molecule has 0 unspecified atom stereocenters. The molecule has 3 rings (SSSR count). The number of nitriles is 1. The van der Waals surface area contributed by atoms with Gasteiger partial charge in [0.15, 0.2) is 10.8 Å². The van der Waals surface area contributed by atoms with Gasteiger partial charge in [-0.05, 0) is 99.8 Å². The quantitative estimate of drug-likeness (QED) is 0.263. The summed E-state index contributed by atoms with van der Waals surface area (Å²) in [4.78, 5) is 19.9. The van der Waals surface area contributed by atoms with Gasteiger partial charge in [-0.3, -0.25) is 9.69 Å². The van der Waals surface area contributed by atoms with Crippen molar-refractivity contribution < 1.29 is 22.7 Å². The lowest BCUT2D eigenvalue weighted by atomic mass is 9.86. The lowest BCUT2D eigenvalue weighted by Gasteiger charge is -2.30. The molecule has 0 bridgehead atoms. The lowest BCUT2D eigenvalue weighted by molar-refractivity contribution is -0.138. The van der Waals surface area contributed by atoms with Crippen LogP contribution in [0.4, 0.5) is 24.5 Å². The van der Waals surface area contributed by atoms with Crippen molar-refractivity contribution >= 4 is 34.6 Å². The molecule has 2 aromatic rings. The second-order valence-electron chi connectivity index (χ2n) is 11.9. The highest BCUT2D eigenvalue weighted by atomic mass is 32.1. The number of anilines is 2. The van der Waals surface area contributed by atoms with Gasteiger partial charge in [0.25, 0.3) is 5.91 Å². The number of thiocarbonyl (C=S) groups is 1. The summed E-state index contributed by atoms with van der Waals surface area (Å²) in [5.41, 5.74) is -1.76. The smallest absolute Gasteiger partial charge is 0.419 e. The Bertz CT molecular complexity index is 1340. The fourth-order valence-corrected chi connectivity index (χ4v) is 5.79. The Kier molecular flexibility index (Phi) is 9.74. The molecule has 0 aliphatic carbocycles. The van der Waals surface area contributed by atoms with Crippen LogP contribution in [0.25, 0.3) is 0 Å². The number of aromatic nitrogens is 1. The van der Waals surface area contributed by atoms with Gasteiger partial charge in [0.1, 0.15) is 17.4 Å². The van der Waals surface area contributed by atoms with Crippen molar-refractivity contribution in [1.29, 1.82) is 5.26 Å². The predicted octanol–water partition coefficient (Wildman–Crippen LogP) is 7.93. The first-order valence-electron chi connectivity index (χ1n) is 14.0. The van der Waals surface area contributed by atoms with E-state index >= 15 is 0 Å². The van der Waals surface area contributed by atoms with E-state index in [9.17, 15) is 18.0 Å². The molecule has 6 nitrogen and oxygen atoms in total. The minimum atomic E-state index is -4.82. The zero-order chi connectivity index (χ0) is 30.9. The maximum absolute atomic E-state index is 13.6. The highest BCUT2D eigenvalue weighted by molar-refractivity contribution is 7.81. The van der Waals surface area contributed by atoms with Crippen LogP contribution in [0, 0.1) is 29.1 Å². The van der Waals surface area contributed by atoms with Crippen molar-refractivity contribution in [3.8, 4) is 11.8 Å². The maximum Gasteiger partial charge on any atom is 0.419 e. The molecule has 0 spiro atoms. The number of rotatable bonds is 10. The number of amides is 1. The fraction of sp³-hybridized carbons (Fsp3) is 0.548. The Labute approximate surface area is 246 Å². The standard InChI is InChI=1S/C31H39F3N4O2S/c1-9-22-14-23(10-11-27(22)40-21(6)13-19(4)12-20(5)18(2)3)38-29(41)37(28(39)30(38,7)8)24-15-25(31(32,33)34)26(16-35)36-17-24/h10-11,14-15,17-21H,9,12-13H2,1-8H3/t19-,20-,21-/m1/s1. The second-order valence-corrected chi connectivity index (χ2v) is 12.3. The first-order valence-corrected chi connectivity index (χ1v) is 14.4. The van der Waals surface area contributed by atoms with Crippen LogP contribution < -0.4 is 14.5 Å². The molecule has 1 amide bonds. The van der Waals surface area contributed by atoms with Crippen LogP contribution >= 0.6 is 12.2 Å². The Hall–Kier alpha value is -3.19. The number of carbonyl (C=O) groups excluding carboxylic acids is 1. The zero-order valence-corrected chi connectivity index (χ0v) is 25.8. The van der Waals surface area contributed by atoms with Crippen LogP contribution in [0.2, 0.25) is 0 Å². The third-order valence-electron chi connectivity index (χ3n) is 7.87. The van der Waals surface area contributed by atoms with E-state index in [-0.39, 0.29) is 16.9 Å². The van der Waals surface area contributed by atoms with Crippen LogP contribution in [0.15, 0.2) is 30.5 Å². The van der Waals surface area contributed by atoms with Crippen LogP contribution in [0.5, 0.6) is 5.75 Å². The van der Waals surface area contributed by atoms with E-state index in [1.165, 1.54) is 6.07 Å². The lowest BCUT2D eigenvalue weighted by Crippen LogP contribution is -2.44. The highest BCUT2D eigenvalue weighted by Crippen LogP contribution is 2.40. The topological polar surface area (TPSA) is 69.5 Å². The molecule has 1 aromatic heterocycles. The van der Waals surface area contributed by atoms with Crippen LogP contribution in [0.3, 0.4) is 0 Å². The van der Waals surface area contributed by atoms with Crippen molar-refractivity contribution in [2.24, 2.45) is 17.8 Å². The highest BCUT2D eigenvalue weighted by Gasteiger charge is 2.51. The molecule has 41 heavy (non-hydrogen) atoms. The molecule has 10 heteroatoms. The van der Waals surface area contributed by atoms with Gasteiger partial charge in [-0.2, -0.15) is 18.4 Å². The van der Waals surface area contributed by atoms with E-state index in [2.05, 4.69) is 39.6 Å². The van der Waals surface area contributed by atoms with Crippen molar-refractivity contribution in [3.63, 3.8) is 0 Å². The number of benzene rings is 1. The Balaban J connectivity index is 1.89. The van der Waals surface area contributed by atoms with E-state index in [1.54, 1.807) is 18.7 Å². The summed E-state index contributed by atoms with van der Waals surface area (Å²) in [5.74, 6) is 2.04. The number of nitrogens with zero attached hydrogens (tertiary/aromatic N) is 4. The largest absolute Gasteiger partial charge is 0.490 e. The van der Waals surface area contributed by atoms with Crippen molar-refractivity contribution in [2.75, 3.05) is 9.80 Å². The van der Waals surface area contributed by atoms with E-state index in [1.807, 2.05) is 25.1 Å². The average molecular weight is 589 g/mol. The third kappa shape index (κ3) is 6.83. The predicted molar refractivity (Wildman–Crippen MR) is 159 cm³/mol. The van der Waals surface area contributed by atoms with E-state index in [0.29, 0.717) is 29.9 Å². The van der Waals surface area contributed by atoms with Gasteiger partial charge < -0.3 is 9.64 Å². The van der Waals surface area contributed by atoms with E-state index in [4.69, 9.17) is 22.2 Å². The van der Waals surface area contributed by atoms with Gasteiger partial charge in [0.05, 0.1) is 23.6 Å². The fourth-order valence-electron chi connectivity index (χ4n) is 5.27. The minimum absolute atomic E-state index is 0.00796. The molecule has 1 aromatic carbocycles. The first kappa shape index (κ1) is 32.3. The SMILES string of the molecule is CCc1cc(N2C(=S)N(c3cnc(C#N)c(C(F)(F)F)c3)C(=O)C2(C)C)ccc1O[C@H](C)C[C@H](C)C[C@@H](C)C(C)C. The summed E-state index contributed by atoms with van der Waals surface area (Å²) in [5, 5.41) is 9.13. The molecule has 0 saturated carbocycles. The Morgan fingerprint density at radius 2 is 1.76 bits per heavy atom. The Morgan fingerprint density at radius 1 is 1.10 bits per heavy atom. The van der Waals surface area contributed by atoms with Gasteiger partial charge >= 0.3 is 6.18 Å². The molecule has 1 saturated heterocycles. The number of aryl methyl sites for hydroxylation is 1. The molecule has 222 valence electrons. The summed E-state index contributed by atoms with van der Waals surface area (Å²) >= 11 is 5.66. The number of alkyl halides is 3. The van der Waals surface area contributed by atoms with E-state index < -0.39 is 28.9 Å². The third-order valence-corrected chi connectivity index (χ3v) is 8.23. The van der Waals surface area contributed by atoms with Crippen LogP contribution in [-0.2, 0) is 17.4 Å². The summed E-state index contributed by atoms with van der Waals surface area (Å²) in [6, 6.07) is 7.79. The molecular formula is C31H39F3N4O2S. The number of hydrogen-bond donors (Lipinski definition) is 0. The maximum atomic E-state index is 13.6. The second kappa shape index (κ2) is 12.4. The van der Waals surface area contributed by atoms with Gasteiger partial charge in [0.2, 0.25) is 0 Å². The zero-order valence-electron chi connectivity index (χ0n) is 25.0. The van der Waals surface area contributed by atoms with Crippen molar-refractivity contribution in [3.05, 3.63) is 47.3 Å². The Morgan fingerprint density at radius 3 is 2.32 bits per heavy atom. The monoisotopic (exact) mass is 588 g/mol. The van der Waals surface area contributed by atoms with Gasteiger partial charge in [0, 0.05) is 5.69 Å². The van der Waals surface area contributed by atoms with Gasteiger partial charge in [-0.1, -0.05) is 34.6 Å². The van der Waals surface area contributed by atoms with Gasteiger partial charge in [-0.25, -0.2) is 4.98 Å². The summed E-state index contributed by atoms with van der Waals surface area (Å²) in [7, 11) is 0. The molecule has 2 heterocycles. The molecule has 1 fully saturated rings. The minimum Gasteiger partial charge on any atom is -0.490 e. The summed E-state index contributed by atoms with van der Waals surface area (Å²) in [6.07, 6.45) is -1.02. The number of pyridine rings is 1. The molecule has 1 aliphatic rings. The summed E-state index contributed by atoms with van der Waals surface area (Å²) < 4.78 is 47.2. The van der Waals surface area contributed by atoms with Crippen molar-refractivity contribution in [1.82, 2.24) is 4.98 Å². The number of carbonyl (C=O) groups is 1. The number of ether oxygens (including phenoxy) is 1. The van der Waals surface area contributed by atoms with Gasteiger partial charge in [-0.15, -0.1) is 0 Å². The molecular weight excluding hydrogens is 549 g/mol. The van der Waals surface area contributed by atoms with Crippen molar-refractivity contribution in [2.45, 2.75) is 92.5 Å². The molecule has 3 atom stereocenters. The molecule has 0 radical (unpaired) electrons. The van der Waals surface area contributed by atoms with Crippen LogP contribution in [-0.4, -0.2) is 27.6 Å².